The van der Waals surface area contributed by atoms with Crippen molar-refractivity contribution in [2.24, 2.45) is 5.18 Å². The number of amides is 1. The van der Waals surface area contributed by atoms with E-state index < -0.39 is 11.5 Å². The molecule has 0 aromatic rings. The lowest BCUT2D eigenvalue weighted by Crippen LogP contribution is -2.37. The summed E-state index contributed by atoms with van der Waals surface area (Å²) in [5.41, 5.74) is 0.300. The standard InChI is InChI=1S/C26H39N3O5S.C2H6.C2H2/c1-10-12-23(34-26(6,7)24(30)28-31)16-15-21(4)33-18-11-17-29(8)25(35)27-22(5)19(2)13-14-20(3)32-9;2*1-2/h12-16H,4-5,10-11,17-18H2,1-3,6-9H3,(H,27,35);1-2H3;1-2H/b16-15-,19-13+,20-14+,23-12+;;. The minimum Gasteiger partial charge on any atom is -0.501 e. The van der Waals surface area contributed by atoms with Crippen LogP contribution in [0.5, 0.6) is 0 Å². The summed E-state index contributed by atoms with van der Waals surface area (Å²) in [6.45, 7) is 21.7. The van der Waals surface area contributed by atoms with Crippen molar-refractivity contribution in [3.63, 3.8) is 0 Å². The van der Waals surface area contributed by atoms with Crippen LogP contribution in [0.25, 0.3) is 0 Å². The van der Waals surface area contributed by atoms with Crippen molar-refractivity contribution in [3.05, 3.63) is 77.0 Å². The van der Waals surface area contributed by atoms with Crippen LogP contribution in [-0.2, 0) is 19.0 Å². The normalized spacial score (nSPS) is 11.6. The molecule has 0 bridgehead atoms. The van der Waals surface area contributed by atoms with Crippen molar-refractivity contribution >= 4 is 23.2 Å². The van der Waals surface area contributed by atoms with Crippen LogP contribution in [0.4, 0.5) is 0 Å². The summed E-state index contributed by atoms with van der Waals surface area (Å²) in [5, 5.41) is 6.14. The SMILES string of the molecule is C#C.C=C(/C=C\C(=C/CC)OC(C)(C)C(=O)N=O)OCCCN(C)C(=S)NC(=C)/C(C)=C/C=C(\C)OC.CC. The van der Waals surface area contributed by atoms with Crippen molar-refractivity contribution in [1.29, 1.82) is 0 Å². The van der Waals surface area contributed by atoms with Crippen LogP contribution >= 0.6 is 12.2 Å². The zero-order valence-corrected chi connectivity index (χ0v) is 25.9. The molecule has 9 heteroatoms. The highest BCUT2D eigenvalue weighted by Gasteiger charge is 2.31. The third-order valence-electron chi connectivity index (χ3n) is 4.71. The summed E-state index contributed by atoms with van der Waals surface area (Å²) in [6, 6.07) is 0. The average Bonchev–Trinajstić information content (AvgIpc) is 2.93. The van der Waals surface area contributed by atoms with E-state index in [4.69, 9.17) is 26.4 Å². The molecule has 0 spiro atoms. The molecule has 0 saturated carbocycles. The van der Waals surface area contributed by atoms with Gasteiger partial charge >= 0.3 is 5.91 Å². The minimum absolute atomic E-state index is 0.424. The number of hydrogen-bond donors (Lipinski definition) is 1. The third-order valence-corrected chi connectivity index (χ3v) is 5.12. The van der Waals surface area contributed by atoms with Gasteiger partial charge in [-0.05, 0) is 82.6 Å². The lowest BCUT2D eigenvalue weighted by atomic mass is 10.1. The summed E-state index contributed by atoms with van der Waals surface area (Å²) >= 11 is 5.44. The topological polar surface area (TPSA) is 89.5 Å². The maximum Gasteiger partial charge on any atom is 0.328 e. The van der Waals surface area contributed by atoms with Gasteiger partial charge in [0.1, 0.15) is 11.5 Å². The number of carbonyl (C=O) groups excluding carboxylic acids is 1. The monoisotopic (exact) mass is 561 g/mol. The Balaban J connectivity index is -0.00000308. The molecule has 1 amide bonds. The second kappa shape index (κ2) is 23.5. The van der Waals surface area contributed by atoms with Gasteiger partial charge in [0.05, 0.1) is 19.5 Å². The number of thiocarbonyl (C=S) groups is 1. The Morgan fingerprint density at radius 1 is 1.15 bits per heavy atom. The molecule has 218 valence electrons. The molecule has 0 fully saturated rings. The van der Waals surface area contributed by atoms with Gasteiger partial charge in [-0.25, -0.2) is 0 Å². The first kappa shape index (κ1) is 39.9. The Bertz CT molecular complexity index is 943. The Labute approximate surface area is 241 Å². The molecule has 0 unspecified atom stereocenters. The summed E-state index contributed by atoms with van der Waals surface area (Å²) in [7, 11) is 3.51. The van der Waals surface area contributed by atoms with Crippen LogP contribution < -0.4 is 5.32 Å². The Hall–Kier alpha value is -3.64. The number of nitrogens with one attached hydrogen (secondary N) is 1. The zero-order valence-electron chi connectivity index (χ0n) is 25.1. The van der Waals surface area contributed by atoms with Gasteiger partial charge in [0.25, 0.3) is 0 Å². The van der Waals surface area contributed by atoms with Crippen LogP contribution in [0.15, 0.2) is 77.3 Å². The molecule has 0 rings (SSSR count). The highest BCUT2D eigenvalue weighted by Crippen LogP contribution is 2.18. The van der Waals surface area contributed by atoms with E-state index in [1.54, 1.807) is 25.3 Å². The van der Waals surface area contributed by atoms with Crippen LogP contribution in [-0.4, -0.2) is 48.8 Å². The fourth-order valence-corrected chi connectivity index (χ4v) is 2.57. The largest absolute Gasteiger partial charge is 0.501 e. The van der Waals surface area contributed by atoms with E-state index in [0.717, 1.165) is 11.3 Å². The molecule has 0 radical (unpaired) electrons. The van der Waals surface area contributed by atoms with Gasteiger partial charge in [0.15, 0.2) is 10.7 Å². The van der Waals surface area contributed by atoms with E-state index in [2.05, 4.69) is 36.5 Å². The number of hydrogen-bond acceptors (Lipinski definition) is 6. The number of rotatable bonds is 15. The molecule has 0 heterocycles. The van der Waals surface area contributed by atoms with E-state index >= 15 is 0 Å². The fraction of sp³-hybridized carbons (Fsp3) is 0.467. The van der Waals surface area contributed by atoms with Gasteiger partial charge in [-0.1, -0.05) is 40.0 Å². The summed E-state index contributed by atoms with van der Waals surface area (Å²) in [5.74, 6) is 0.776. The number of ether oxygens (including phenoxy) is 3. The van der Waals surface area contributed by atoms with Crippen LogP contribution in [0.1, 0.15) is 61.3 Å². The second-order valence-electron chi connectivity index (χ2n) is 8.19. The highest BCUT2D eigenvalue weighted by molar-refractivity contribution is 7.80. The molecule has 0 aliphatic rings. The summed E-state index contributed by atoms with van der Waals surface area (Å²) in [6.07, 6.45) is 18.2. The van der Waals surface area contributed by atoms with Crippen LogP contribution in [0.2, 0.25) is 0 Å². The van der Waals surface area contributed by atoms with E-state index in [-0.39, 0.29) is 0 Å². The van der Waals surface area contributed by atoms with Crippen molar-refractivity contribution in [3.8, 4) is 12.8 Å². The smallest absolute Gasteiger partial charge is 0.328 e. The van der Waals surface area contributed by atoms with E-state index in [1.165, 1.54) is 13.8 Å². The lowest BCUT2D eigenvalue weighted by Gasteiger charge is -2.22. The lowest BCUT2D eigenvalue weighted by molar-refractivity contribution is -0.134. The van der Waals surface area contributed by atoms with E-state index in [9.17, 15) is 9.70 Å². The molecule has 0 saturated heterocycles. The molecule has 0 aliphatic carbocycles. The number of terminal acetylenes is 1. The molecule has 0 aromatic heterocycles. The number of methoxy groups -OCH3 is 1. The molecule has 0 atom stereocenters. The van der Waals surface area contributed by atoms with Gasteiger partial charge in [0.2, 0.25) is 0 Å². The number of carbonyl (C=O) groups is 1. The van der Waals surface area contributed by atoms with Crippen LogP contribution in [0.3, 0.4) is 0 Å². The van der Waals surface area contributed by atoms with Gasteiger partial charge < -0.3 is 24.4 Å². The quantitative estimate of drug-likeness (QED) is 0.0574. The van der Waals surface area contributed by atoms with Gasteiger partial charge in [-0.3, -0.25) is 4.79 Å². The maximum atomic E-state index is 11.6. The number of allylic oxidation sites excluding steroid dienone is 7. The van der Waals surface area contributed by atoms with Crippen molar-refractivity contribution in [1.82, 2.24) is 10.2 Å². The zero-order chi connectivity index (χ0) is 31.0. The summed E-state index contributed by atoms with van der Waals surface area (Å²) < 4.78 is 16.4. The summed E-state index contributed by atoms with van der Waals surface area (Å²) in [4.78, 5) is 24.1. The average molecular weight is 562 g/mol. The first-order valence-corrected chi connectivity index (χ1v) is 13.0. The number of nitroso groups, excluding NO2 is 1. The maximum absolute atomic E-state index is 11.6. The van der Waals surface area contributed by atoms with E-state index in [0.29, 0.717) is 48.3 Å². The van der Waals surface area contributed by atoms with Gasteiger partial charge in [-0.2, -0.15) is 0 Å². The Kier molecular flexibility index (Phi) is 24.0. The predicted molar refractivity (Wildman–Crippen MR) is 166 cm³/mol. The molecular weight excluding hydrogens is 514 g/mol. The third kappa shape index (κ3) is 19.1. The first-order valence-electron chi connectivity index (χ1n) is 12.6. The highest BCUT2D eigenvalue weighted by atomic mass is 32.1. The molecule has 1 N–H and O–H groups in total. The molecular formula is C30H47N3O5S. The molecule has 0 aliphatic heterocycles. The van der Waals surface area contributed by atoms with Crippen molar-refractivity contribution < 1.29 is 19.0 Å². The van der Waals surface area contributed by atoms with Crippen molar-refractivity contribution in [2.75, 3.05) is 27.3 Å². The number of nitrogens with zero attached hydrogens (tertiary/aromatic N) is 2. The first-order chi connectivity index (χ1) is 18.4. The molecule has 0 aromatic carbocycles. The Morgan fingerprint density at radius 2 is 1.74 bits per heavy atom. The molecule has 8 nitrogen and oxygen atoms in total. The van der Waals surface area contributed by atoms with Crippen LogP contribution in [0, 0.1) is 17.8 Å². The van der Waals surface area contributed by atoms with Crippen molar-refractivity contribution in [2.45, 2.75) is 66.9 Å². The van der Waals surface area contributed by atoms with E-state index in [1.807, 2.05) is 58.7 Å². The Morgan fingerprint density at radius 3 is 2.26 bits per heavy atom. The minimum atomic E-state index is -1.36. The molecule has 39 heavy (non-hydrogen) atoms. The fourth-order valence-electron chi connectivity index (χ4n) is 2.36. The van der Waals surface area contributed by atoms with Gasteiger partial charge in [0, 0.05) is 24.5 Å². The second-order valence-corrected chi connectivity index (χ2v) is 8.57. The van der Waals surface area contributed by atoms with Gasteiger partial charge in [-0.15, -0.1) is 17.8 Å². The predicted octanol–water partition coefficient (Wildman–Crippen LogP) is 6.94.